The number of likely N-dealkylation sites (tertiary alicyclic amines) is 1. The summed E-state index contributed by atoms with van der Waals surface area (Å²) in [7, 11) is 0. The van der Waals surface area contributed by atoms with Crippen LogP contribution in [0.15, 0.2) is 0 Å². The lowest BCUT2D eigenvalue weighted by Gasteiger charge is -2.32. The molecule has 0 bridgehead atoms. The second-order valence-corrected chi connectivity index (χ2v) is 4.40. The van der Waals surface area contributed by atoms with Gasteiger partial charge in [0, 0.05) is 32.1 Å². The first kappa shape index (κ1) is 13.5. The van der Waals surface area contributed by atoms with Crippen LogP contribution < -0.4 is 10.6 Å². The first-order valence-corrected chi connectivity index (χ1v) is 6.48. The van der Waals surface area contributed by atoms with Crippen LogP contribution in [0.2, 0.25) is 0 Å². The van der Waals surface area contributed by atoms with E-state index in [1.807, 2.05) is 6.92 Å². The minimum atomic E-state index is 0.174. The average Bonchev–Trinajstić information content (AvgIpc) is 2.28. The molecule has 4 heteroatoms. The van der Waals surface area contributed by atoms with Gasteiger partial charge in [-0.05, 0) is 32.9 Å². The van der Waals surface area contributed by atoms with Gasteiger partial charge in [-0.1, -0.05) is 6.92 Å². The topological polar surface area (TPSA) is 44.4 Å². The molecule has 0 radical (unpaired) electrons. The lowest BCUT2D eigenvalue weighted by Crippen LogP contribution is -2.46. The van der Waals surface area contributed by atoms with Crippen molar-refractivity contribution in [1.82, 2.24) is 15.5 Å². The highest BCUT2D eigenvalue weighted by Crippen LogP contribution is 2.10. The Kier molecular flexibility index (Phi) is 6.42. The van der Waals surface area contributed by atoms with Crippen molar-refractivity contribution in [2.24, 2.45) is 0 Å². The van der Waals surface area contributed by atoms with E-state index in [0.717, 1.165) is 32.7 Å². The van der Waals surface area contributed by atoms with E-state index in [-0.39, 0.29) is 5.91 Å². The Labute approximate surface area is 98.8 Å². The summed E-state index contributed by atoms with van der Waals surface area (Å²) >= 11 is 0. The van der Waals surface area contributed by atoms with E-state index in [1.165, 1.54) is 12.8 Å². The first-order valence-electron chi connectivity index (χ1n) is 6.48. The minimum absolute atomic E-state index is 0.174. The molecule has 0 saturated carbocycles. The number of piperidine rings is 1. The Morgan fingerprint density at radius 2 is 2.19 bits per heavy atom. The maximum absolute atomic E-state index is 11.3. The number of nitrogens with one attached hydrogen (secondary N) is 2. The monoisotopic (exact) mass is 227 g/mol. The van der Waals surface area contributed by atoms with E-state index >= 15 is 0 Å². The fourth-order valence-electron chi connectivity index (χ4n) is 2.26. The van der Waals surface area contributed by atoms with Crippen LogP contribution in [0.4, 0.5) is 0 Å². The number of hydrogen-bond donors (Lipinski definition) is 2. The van der Waals surface area contributed by atoms with Crippen LogP contribution in [0, 0.1) is 0 Å². The highest BCUT2D eigenvalue weighted by molar-refractivity contribution is 5.75. The maximum atomic E-state index is 11.3. The van der Waals surface area contributed by atoms with Gasteiger partial charge in [0.2, 0.25) is 5.91 Å². The number of hydrogen-bond acceptors (Lipinski definition) is 3. The molecule has 4 nitrogen and oxygen atoms in total. The average molecular weight is 227 g/mol. The van der Waals surface area contributed by atoms with E-state index in [4.69, 9.17) is 0 Å². The zero-order valence-electron chi connectivity index (χ0n) is 10.6. The molecular weight excluding hydrogens is 202 g/mol. The molecule has 1 atom stereocenters. The molecule has 0 spiro atoms. The molecule has 1 heterocycles. The van der Waals surface area contributed by atoms with Crippen LogP contribution in [0.25, 0.3) is 0 Å². The summed E-state index contributed by atoms with van der Waals surface area (Å²) in [6, 6.07) is 0.619. The Morgan fingerprint density at radius 1 is 1.38 bits per heavy atom. The van der Waals surface area contributed by atoms with Crippen molar-refractivity contribution < 1.29 is 4.79 Å². The molecule has 0 aromatic rings. The van der Waals surface area contributed by atoms with Gasteiger partial charge in [0.05, 0.1) is 0 Å². The summed E-state index contributed by atoms with van der Waals surface area (Å²) in [5.41, 5.74) is 0. The van der Waals surface area contributed by atoms with E-state index in [9.17, 15) is 4.79 Å². The van der Waals surface area contributed by atoms with Gasteiger partial charge in [-0.2, -0.15) is 0 Å². The molecule has 2 N–H and O–H groups in total. The van der Waals surface area contributed by atoms with E-state index < -0.39 is 0 Å². The zero-order chi connectivity index (χ0) is 11.8. The summed E-state index contributed by atoms with van der Waals surface area (Å²) in [5.74, 6) is 0.174. The quantitative estimate of drug-likeness (QED) is 0.698. The highest BCUT2D eigenvalue weighted by atomic mass is 16.1. The second kappa shape index (κ2) is 7.63. The Balaban J connectivity index is 2.18. The molecule has 1 aliphatic heterocycles. The number of likely N-dealkylation sites (N-methyl/N-ethyl adjacent to an activating group) is 1. The lowest BCUT2D eigenvalue weighted by molar-refractivity contribution is -0.121. The van der Waals surface area contributed by atoms with Gasteiger partial charge in [0.15, 0.2) is 0 Å². The normalized spacial score (nSPS) is 22.0. The molecule has 1 amide bonds. The summed E-state index contributed by atoms with van der Waals surface area (Å²) in [4.78, 5) is 13.7. The van der Waals surface area contributed by atoms with Crippen LogP contribution in [0.3, 0.4) is 0 Å². The number of rotatable bonds is 6. The Bertz CT molecular complexity index is 206. The maximum Gasteiger partial charge on any atom is 0.221 e. The van der Waals surface area contributed by atoms with Crippen LogP contribution in [0.1, 0.15) is 33.1 Å². The van der Waals surface area contributed by atoms with E-state index in [0.29, 0.717) is 12.5 Å². The van der Waals surface area contributed by atoms with Crippen LogP contribution >= 0.6 is 0 Å². The third-order valence-corrected chi connectivity index (χ3v) is 3.03. The van der Waals surface area contributed by atoms with Crippen LogP contribution in [-0.2, 0) is 4.79 Å². The standard InChI is InChI=1S/C12H25N3O/c1-3-13-11-6-5-8-15(10-11)9-7-12(16)14-4-2/h11,13H,3-10H2,1-2H3,(H,14,16). The zero-order valence-corrected chi connectivity index (χ0v) is 10.6. The number of carbonyl (C=O) groups is 1. The second-order valence-electron chi connectivity index (χ2n) is 4.40. The number of nitrogens with zero attached hydrogens (tertiary/aromatic N) is 1. The molecule has 94 valence electrons. The number of amides is 1. The number of carbonyl (C=O) groups excluding carboxylic acids is 1. The Morgan fingerprint density at radius 3 is 2.88 bits per heavy atom. The van der Waals surface area contributed by atoms with E-state index in [2.05, 4.69) is 22.5 Å². The smallest absolute Gasteiger partial charge is 0.221 e. The molecule has 0 aliphatic carbocycles. The molecule has 1 rings (SSSR count). The van der Waals surface area contributed by atoms with Gasteiger partial charge in [0.1, 0.15) is 0 Å². The highest BCUT2D eigenvalue weighted by Gasteiger charge is 2.18. The van der Waals surface area contributed by atoms with Crippen LogP contribution in [-0.4, -0.2) is 49.6 Å². The van der Waals surface area contributed by atoms with Crippen molar-refractivity contribution in [3.05, 3.63) is 0 Å². The van der Waals surface area contributed by atoms with E-state index in [1.54, 1.807) is 0 Å². The Hall–Kier alpha value is -0.610. The fourth-order valence-corrected chi connectivity index (χ4v) is 2.26. The summed E-state index contributed by atoms with van der Waals surface area (Å²) in [6.07, 6.45) is 3.14. The molecule has 0 aromatic carbocycles. The summed E-state index contributed by atoms with van der Waals surface area (Å²) in [6.45, 7) is 9.00. The predicted molar refractivity (Wildman–Crippen MR) is 66.4 cm³/mol. The third-order valence-electron chi connectivity index (χ3n) is 3.03. The molecule has 1 saturated heterocycles. The SMILES string of the molecule is CCNC(=O)CCN1CCCC(NCC)C1. The minimum Gasteiger partial charge on any atom is -0.356 e. The van der Waals surface area contributed by atoms with Crippen molar-refractivity contribution >= 4 is 5.91 Å². The van der Waals surface area contributed by atoms with Gasteiger partial charge in [-0.25, -0.2) is 0 Å². The molecule has 1 fully saturated rings. The summed E-state index contributed by atoms with van der Waals surface area (Å²) in [5, 5.41) is 6.33. The molecule has 1 unspecified atom stereocenters. The van der Waals surface area contributed by atoms with Crippen molar-refractivity contribution in [1.29, 1.82) is 0 Å². The molecule has 0 aromatic heterocycles. The van der Waals surface area contributed by atoms with Crippen molar-refractivity contribution in [2.45, 2.75) is 39.2 Å². The molecular formula is C12H25N3O. The van der Waals surface area contributed by atoms with Gasteiger partial charge in [-0.3, -0.25) is 4.79 Å². The lowest BCUT2D eigenvalue weighted by atomic mass is 10.1. The van der Waals surface area contributed by atoms with Crippen molar-refractivity contribution in [3.8, 4) is 0 Å². The molecule has 1 aliphatic rings. The first-order chi connectivity index (χ1) is 7.76. The predicted octanol–water partition coefficient (Wildman–Crippen LogP) is 0.587. The van der Waals surface area contributed by atoms with Gasteiger partial charge < -0.3 is 15.5 Å². The summed E-state index contributed by atoms with van der Waals surface area (Å²) < 4.78 is 0. The largest absolute Gasteiger partial charge is 0.356 e. The van der Waals surface area contributed by atoms with Crippen molar-refractivity contribution in [2.75, 3.05) is 32.7 Å². The third kappa shape index (κ3) is 4.94. The van der Waals surface area contributed by atoms with Crippen LogP contribution in [0.5, 0.6) is 0 Å². The molecule has 16 heavy (non-hydrogen) atoms. The van der Waals surface area contributed by atoms with Gasteiger partial charge >= 0.3 is 0 Å². The van der Waals surface area contributed by atoms with Crippen molar-refractivity contribution in [3.63, 3.8) is 0 Å². The van der Waals surface area contributed by atoms with Gasteiger partial charge in [-0.15, -0.1) is 0 Å². The fraction of sp³-hybridized carbons (Fsp3) is 0.917. The van der Waals surface area contributed by atoms with Gasteiger partial charge in [0.25, 0.3) is 0 Å².